The van der Waals surface area contributed by atoms with Crippen molar-refractivity contribution in [3.05, 3.63) is 47.1 Å². The van der Waals surface area contributed by atoms with Crippen LogP contribution in [0.1, 0.15) is 54.9 Å². The van der Waals surface area contributed by atoms with E-state index >= 15 is 0 Å². The summed E-state index contributed by atoms with van der Waals surface area (Å²) in [6.07, 6.45) is 0.820. The monoisotopic (exact) mass is 417 g/mol. The van der Waals surface area contributed by atoms with E-state index in [1.54, 1.807) is 6.07 Å². The van der Waals surface area contributed by atoms with Crippen molar-refractivity contribution < 1.29 is 26.1 Å². The van der Waals surface area contributed by atoms with Crippen molar-refractivity contribution in [1.82, 2.24) is 14.9 Å². The van der Waals surface area contributed by atoms with E-state index in [0.29, 0.717) is 24.2 Å². The van der Waals surface area contributed by atoms with Crippen LogP contribution in [0.3, 0.4) is 0 Å². The van der Waals surface area contributed by atoms with Gasteiger partial charge in [-0.1, -0.05) is 42.6 Å². The van der Waals surface area contributed by atoms with Crippen LogP contribution < -0.4 is 4.72 Å². The number of nitrogens with one attached hydrogen (secondary N) is 1. The minimum Gasteiger partial charge on any atom is -0.339 e. The highest BCUT2D eigenvalue weighted by Gasteiger charge is 2.41. The molecule has 154 valence electrons. The molecule has 10 heteroatoms. The van der Waals surface area contributed by atoms with Crippen LogP contribution in [0.5, 0.6) is 0 Å². The molecule has 1 saturated carbocycles. The van der Waals surface area contributed by atoms with E-state index in [9.17, 15) is 21.6 Å². The van der Waals surface area contributed by atoms with Gasteiger partial charge >= 0.3 is 6.18 Å². The van der Waals surface area contributed by atoms with Crippen LogP contribution >= 0.6 is 0 Å². The lowest BCUT2D eigenvalue weighted by Gasteiger charge is -2.35. The lowest BCUT2D eigenvalue weighted by Crippen LogP contribution is -2.32. The molecule has 1 aromatic heterocycles. The molecule has 1 aliphatic rings. The number of sulfonamides is 1. The van der Waals surface area contributed by atoms with Gasteiger partial charge in [-0.15, -0.1) is 0 Å². The average molecular weight is 417 g/mol. The van der Waals surface area contributed by atoms with Gasteiger partial charge in [0.1, 0.15) is 0 Å². The van der Waals surface area contributed by atoms with Crippen LogP contribution in [0.15, 0.2) is 28.8 Å². The Morgan fingerprint density at radius 3 is 2.57 bits per heavy atom. The largest absolute Gasteiger partial charge is 0.416 e. The van der Waals surface area contributed by atoms with Crippen molar-refractivity contribution in [1.29, 1.82) is 0 Å². The molecular formula is C18H22F3N3O3S. The highest BCUT2D eigenvalue weighted by molar-refractivity contribution is 7.88. The summed E-state index contributed by atoms with van der Waals surface area (Å²) in [7, 11) is -3.33. The van der Waals surface area contributed by atoms with E-state index in [1.807, 2.05) is 0 Å². The molecule has 0 amide bonds. The number of rotatable bonds is 6. The van der Waals surface area contributed by atoms with Gasteiger partial charge in [0.25, 0.3) is 0 Å². The fourth-order valence-electron chi connectivity index (χ4n) is 3.68. The molecule has 1 fully saturated rings. The van der Waals surface area contributed by atoms with Crippen molar-refractivity contribution in [2.24, 2.45) is 0 Å². The molecule has 1 aromatic carbocycles. The fourth-order valence-corrected chi connectivity index (χ4v) is 4.16. The summed E-state index contributed by atoms with van der Waals surface area (Å²) in [6.45, 7) is 0.108. The zero-order valence-corrected chi connectivity index (χ0v) is 16.2. The summed E-state index contributed by atoms with van der Waals surface area (Å²) in [4.78, 5) is 4.40. The summed E-state index contributed by atoms with van der Waals surface area (Å²) >= 11 is 0. The Labute approximate surface area is 161 Å². The first-order valence-corrected chi connectivity index (χ1v) is 10.9. The van der Waals surface area contributed by atoms with E-state index < -0.39 is 27.2 Å². The zero-order chi connectivity index (χ0) is 20.4. The molecule has 0 saturated heterocycles. The summed E-state index contributed by atoms with van der Waals surface area (Å²) in [6, 6.07) is 5.32. The first kappa shape index (κ1) is 20.8. The molecule has 0 bridgehead atoms. The van der Waals surface area contributed by atoms with E-state index in [-0.39, 0.29) is 18.9 Å². The van der Waals surface area contributed by atoms with Gasteiger partial charge in [-0.2, -0.15) is 18.2 Å². The molecule has 1 aliphatic carbocycles. The Kier molecular flexibility index (Phi) is 5.81. The maximum absolute atomic E-state index is 13.2. The van der Waals surface area contributed by atoms with E-state index in [1.165, 1.54) is 12.1 Å². The SMILES string of the molecule is CS(=O)(=O)NCCc1nc(C2(c3cccc(C(F)(F)F)c3)CCCCC2)no1. The predicted octanol–water partition coefficient (Wildman–Crippen LogP) is 3.43. The van der Waals surface area contributed by atoms with Crippen molar-refractivity contribution in [3.8, 4) is 0 Å². The van der Waals surface area contributed by atoms with Crippen LogP contribution in [0, 0.1) is 0 Å². The molecule has 0 atom stereocenters. The quantitative estimate of drug-likeness (QED) is 0.778. The predicted molar refractivity (Wildman–Crippen MR) is 96.2 cm³/mol. The van der Waals surface area contributed by atoms with Crippen LogP contribution in [0.4, 0.5) is 13.2 Å². The van der Waals surface area contributed by atoms with Crippen LogP contribution in [-0.2, 0) is 28.0 Å². The topological polar surface area (TPSA) is 85.1 Å². The highest BCUT2D eigenvalue weighted by Crippen LogP contribution is 2.44. The maximum Gasteiger partial charge on any atom is 0.416 e. The second-order valence-electron chi connectivity index (χ2n) is 7.15. The molecular weight excluding hydrogens is 395 g/mol. The molecule has 0 spiro atoms. The molecule has 3 rings (SSSR count). The molecule has 0 aliphatic heterocycles. The first-order chi connectivity index (χ1) is 13.1. The molecule has 1 N–H and O–H groups in total. The van der Waals surface area contributed by atoms with Crippen LogP contribution in [0.25, 0.3) is 0 Å². The van der Waals surface area contributed by atoms with Gasteiger partial charge in [0.2, 0.25) is 15.9 Å². The molecule has 1 heterocycles. The fraction of sp³-hybridized carbons (Fsp3) is 0.556. The van der Waals surface area contributed by atoms with Gasteiger partial charge < -0.3 is 4.52 Å². The van der Waals surface area contributed by atoms with Gasteiger partial charge in [0, 0.05) is 13.0 Å². The minimum atomic E-state index is -4.43. The Hall–Kier alpha value is -1.94. The second kappa shape index (κ2) is 7.82. The van der Waals surface area contributed by atoms with E-state index in [2.05, 4.69) is 14.9 Å². The lowest BCUT2D eigenvalue weighted by atomic mass is 9.68. The summed E-state index contributed by atoms with van der Waals surface area (Å²) in [5.41, 5.74) is -0.898. The summed E-state index contributed by atoms with van der Waals surface area (Å²) in [5, 5.41) is 4.05. The van der Waals surface area contributed by atoms with Gasteiger partial charge in [-0.3, -0.25) is 0 Å². The minimum absolute atomic E-state index is 0.108. The number of benzene rings is 1. The summed E-state index contributed by atoms with van der Waals surface area (Å²) in [5.74, 6) is 0.615. The van der Waals surface area contributed by atoms with Gasteiger partial charge in [-0.25, -0.2) is 13.1 Å². The molecule has 6 nitrogen and oxygen atoms in total. The van der Waals surface area contributed by atoms with Crippen molar-refractivity contribution in [2.45, 2.75) is 50.1 Å². The van der Waals surface area contributed by atoms with Crippen molar-refractivity contribution in [3.63, 3.8) is 0 Å². The van der Waals surface area contributed by atoms with Crippen LogP contribution in [0.2, 0.25) is 0 Å². The third-order valence-electron chi connectivity index (χ3n) is 5.05. The Morgan fingerprint density at radius 1 is 1.21 bits per heavy atom. The normalized spacial score (nSPS) is 17.6. The number of aromatic nitrogens is 2. The number of halogens is 3. The molecule has 2 aromatic rings. The molecule has 28 heavy (non-hydrogen) atoms. The average Bonchev–Trinajstić information content (AvgIpc) is 3.10. The number of hydrogen-bond donors (Lipinski definition) is 1. The van der Waals surface area contributed by atoms with E-state index in [0.717, 1.165) is 31.6 Å². The Morgan fingerprint density at radius 2 is 1.93 bits per heavy atom. The number of alkyl halides is 3. The smallest absolute Gasteiger partial charge is 0.339 e. The van der Waals surface area contributed by atoms with Crippen molar-refractivity contribution >= 4 is 10.0 Å². The second-order valence-corrected chi connectivity index (χ2v) is 8.98. The zero-order valence-electron chi connectivity index (χ0n) is 15.4. The third-order valence-corrected chi connectivity index (χ3v) is 5.78. The van der Waals surface area contributed by atoms with Gasteiger partial charge in [-0.05, 0) is 24.5 Å². The maximum atomic E-state index is 13.2. The van der Waals surface area contributed by atoms with Gasteiger partial charge in [0.15, 0.2) is 5.82 Å². The van der Waals surface area contributed by atoms with Crippen LogP contribution in [-0.4, -0.2) is 31.4 Å². The highest BCUT2D eigenvalue weighted by atomic mass is 32.2. The lowest BCUT2D eigenvalue weighted by molar-refractivity contribution is -0.137. The Bertz CT molecular complexity index is 919. The first-order valence-electron chi connectivity index (χ1n) is 9.06. The third kappa shape index (κ3) is 4.72. The summed E-state index contributed by atoms with van der Waals surface area (Å²) < 4.78 is 69.5. The van der Waals surface area contributed by atoms with Crippen molar-refractivity contribution in [2.75, 3.05) is 12.8 Å². The standard InChI is InChI=1S/C18H22F3N3O3S/c1-28(25,26)22-11-8-15-23-16(24-27-15)17(9-3-2-4-10-17)13-6-5-7-14(12-13)18(19,20)21/h5-7,12,22H,2-4,8-11H2,1H3. The molecule has 0 unspecified atom stereocenters. The number of nitrogens with zero attached hydrogens (tertiary/aromatic N) is 2. The Balaban J connectivity index is 1.91. The van der Waals surface area contributed by atoms with E-state index in [4.69, 9.17) is 4.52 Å². The molecule has 0 radical (unpaired) electrons. The van der Waals surface area contributed by atoms with Gasteiger partial charge in [0.05, 0.1) is 17.2 Å². The number of hydrogen-bond acceptors (Lipinski definition) is 5.